The number of carbonyl (C=O) groups excluding carboxylic acids is 2. The lowest BCUT2D eigenvalue weighted by Crippen LogP contribution is -2.17. The van der Waals surface area contributed by atoms with Gasteiger partial charge >= 0.3 is 5.97 Å². The summed E-state index contributed by atoms with van der Waals surface area (Å²) >= 11 is 0.902. The highest BCUT2D eigenvalue weighted by Gasteiger charge is 2.21. The third-order valence-electron chi connectivity index (χ3n) is 2.39. The van der Waals surface area contributed by atoms with Crippen LogP contribution in [0.2, 0.25) is 0 Å². The number of anilines is 1. The molecule has 0 unspecified atom stereocenters. The summed E-state index contributed by atoms with van der Waals surface area (Å²) in [4.78, 5) is 23.2. The van der Waals surface area contributed by atoms with Crippen LogP contribution >= 0.6 is 11.5 Å². The van der Waals surface area contributed by atoms with Crippen molar-refractivity contribution in [1.82, 2.24) is 4.37 Å². The van der Waals surface area contributed by atoms with E-state index in [1.54, 1.807) is 0 Å². The van der Waals surface area contributed by atoms with E-state index in [1.165, 1.54) is 5.38 Å². The van der Waals surface area contributed by atoms with Crippen LogP contribution in [0.1, 0.15) is 20.8 Å². The molecule has 1 aromatic carbocycles. The first-order valence-electron chi connectivity index (χ1n) is 5.32. The zero-order chi connectivity index (χ0) is 14.7. The van der Waals surface area contributed by atoms with Crippen molar-refractivity contribution in [2.45, 2.75) is 0 Å². The van der Waals surface area contributed by atoms with Gasteiger partial charge in [0.1, 0.15) is 17.2 Å². The summed E-state index contributed by atoms with van der Waals surface area (Å²) in [5.74, 6) is -3.75. The van der Waals surface area contributed by atoms with Crippen molar-refractivity contribution >= 4 is 29.1 Å². The molecule has 1 amide bonds. The third-order valence-corrected chi connectivity index (χ3v) is 3.02. The Bertz CT molecular complexity index is 652. The van der Waals surface area contributed by atoms with Crippen LogP contribution in [-0.2, 0) is 4.74 Å². The minimum atomic E-state index is -1.01. The Labute approximate surface area is 116 Å². The summed E-state index contributed by atoms with van der Waals surface area (Å²) in [6.07, 6.45) is 0. The average molecular weight is 298 g/mol. The number of amides is 1. The minimum Gasteiger partial charge on any atom is -0.464 e. The van der Waals surface area contributed by atoms with Crippen molar-refractivity contribution in [3.8, 4) is 0 Å². The molecule has 0 saturated heterocycles. The molecule has 0 aliphatic heterocycles. The Hall–Kier alpha value is -2.35. The lowest BCUT2D eigenvalue weighted by atomic mass is 10.2. The van der Waals surface area contributed by atoms with Crippen molar-refractivity contribution in [3.05, 3.63) is 46.5 Å². The van der Waals surface area contributed by atoms with Gasteiger partial charge in [0.25, 0.3) is 5.91 Å². The summed E-state index contributed by atoms with van der Waals surface area (Å²) in [5, 5.41) is 3.60. The van der Waals surface area contributed by atoms with E-state index in [-0.39, 0.29) is 11.4 Å². The van der Waals surface area contributed by atoms with Gasteiger partial charge in [-0.05, 0) is 23.7 Å². The topological polar surface area (TPSA) is 68.3 Å². The first kappa shape index (κ1) is 14.1. The van der Waals surface area contributed by atoms with E-state index in [9.17, 15) is 18.4 Å². The molecule has 2 aromatic rings. The van der Waals surface area contributed by atoms with Gasteiger partial charge in [0.05, 0.1) is 12.8 Å². The minimum absolute atomic E-state index is 0.0366. The quantitative estimate of drug-likeness (QED) is 0.884. The smallest absolute Gasteiger partial charge is 0.359 e. The lowest BCUT2D eigenvalue weighted by molar-refractivity contribution is 0.0596. The van der Waals surface area contributed by atoms with E-state index in [1.807, 2.05) is 0 Å². The highest BCUT2D eigenvalue weighted by atomic mass is 32.1. The Morgan fingerprint density at radius 2 is 1.95 bits per heavy atom. The molecular formula is C12H8F2N2O3S. The second kappa shape index (κ2) is 5.74. The van der Waals surface area contributed by atoms with Crippen molar-refractivity contribution in [2.24, 2.45) is 0 Å². The molecule has 0 atom stereocenters. The van der Waals surface area contributed by atoms with E-state index in [4.69, 9.17) is 0 Å². The zero-order valence-electron chi connectivity index (χ0n) is 10.1. The number of benzene rings is 1. The molecule has 0 radical (unpaired) electrons. The Morgan fingerprint density at radius 3 is 2.55 bits per heavy atom. The van der Waals surface area contributed by atoms with Crippen molar-refractivity contribution in [2.75, 3.05) is 12.4 Å². The van der Waals surface area contributed by atoms with E-state index < -0.39 is 29.1 Å². The number of nitrogens with zero attached hydrogens (tertiary/aromatic N) is 1. The van der Waals surface area contributed by atoms with E-state index in [0.29, 0.717) is 0 Å². The number of rotatable bonds is 3. The molecule has 8 heteroatoms. The molecule has 0 aliphatic rings. The summed E-state index contributed by atoms with van der Waals surface area (Å²) in [5.41, 5.74) is -0.813. The lowest BCUT2D eigenvalue weighted by Gasteiger charge is -2.06. The Balaban J connectivity index is 2.29. The van der Waals surface area contributed by atoms with Crippen LogP contribution in [0.5, 0.6) is 0 Å². The molecule has 0 aliphatic carbocycles. The van der Waals surface area contributed by atoms with Crippen LogP contribution in [0.25, 0.3) is 0 Å². The predicted octanol–water partition coefficient (Wildman–Crippen LogP) is 2.46. The summed E-state index contributed by atoms with van der Waals surface area (Å²) in [6, 6.07) is 3.07. The number of hydrogen-bond acceptors (Lipinski definition) is 5. The fourth-order valence-corrected chi connectivity index (χ4v) is 2.08. The standard InChI is InChI=1S/C12H8F2N2O3S/c1-19-12(18)10-8(5-20-16-10)15-11(17)9-6(13)3-2-4-7(9)14/h2-5H,1H3,(H,15,17). The first-order chi connectivity index (χ1) is 9.54. The highest BCUT2D eigenvalue weighted by molar-refractivity contribution is 7.04. The van der Waals surface area contributed by atoms with Crippen LogP contribution in [0, 0.1) is 11.6 Å². The Kier molecular flexibility index (Phi) is 4.04. The fraction of sp³-hybridized carbons (Fsp3) is 0.0833. The van der Waals surface area contributed by atoms with Crippen LogP contribution in [0.4, 0.5) is 14.5 Å². The van der Waals surface area contributed by atoms with Gasteiger partial charge in [-0.2, -0.15) is 4.37 Å². The second-order valence-corrected chi connectivity index (χ2v) is 4.25. The predicted molar refractivity (Wildman–Crippen MR) is 67.8 cm³/mol. The van der Waals surface area contributed by atoms with Crippen molar-refractivity contribution in [1.29, 1.82) is 0 Å². The molecule has 0 bridgehead atoms. The van der Waals surface area contributed by atoms with Crippen molar-refractivity contribution in [3.63, 3.8) is 0 Å². The van der Waals surface area contributed by atoms with E-state index in [0.717, 1.165) is 36.8 Å². The third kappa shape index (κ3) is 2.64. The van der Waals surface area contributed by atoms with Crippen LogP contribution in [0.3, 0.4) is 0 Å². The number of halogens is 2. The maximum atomic E-state index is 13.4. The largest absolute Gasteiger partial charge is 0.464 e. The molecule has 20 heavy (non-hydrogen) atoms. The number of carbonyl (C=O) groups is 2. The van der Waals surface area contributed by atoms with Gasteiger partial charge in [-0.25, -0.2) is 13.6 Å². The molecule has 0 saturated carbocycles. The number of ether oxygens (including phenoxy) is 1. The van der Waals surface area contributed by atoms with Gasteiger partial charge in [-0.1, -0.05) is 6.07 Å². The number of hydrogen-bond donors (Lipinski definition) is 1. The fourth-order valence-electron chi connectivity index (χ4n) is 1.47. The monoisotopic (exact) mass is 298 g/mol. The number of aromatic nitrogens is 1. The Morgan fingerprint density at radius 1 is 1.30 bits per heavy atom. The van der Waals surface area contributed by atoms with Gasteiger partial charge in [0.15, 0.2) is 5.69 Å². The molecule has 104 valence electrons. The SMILES string of the molecule is COC(=O)c1nscc1NC(=O)c1c(F)cccc1F. The zero-order valence-corrected chi connectivity index (χ0v) is 11.0. The van der Waals surface area contributed by atoms with E-state index >= 15 is 0 Å². The number of methoxy groups -OCH3 is 1. The van der Waals surface area contributed by atoms with Crippen molar-refractivity contribution < 1.29 is 23.1 Å². The van der Waals surface area contributed by atoms with Crippen LogP contribution in [-0.4, -0.2) is 23.4 Å². The molecule has 1 aromatic heterocycles. The molecule has 5 nitrogen and oxygen atoms in total. The number of esters is 1. The number of nitrogens with one attached hydrogen (secondary N) is 1. The molecule has 0 fully saturated rings. The average Bonchev–Trinajstić information content (AvgIpc) is 2.85. The van der Waals surface area contributed by atoms with Crippen LogP contribution < -0.4 is 5.32 Å². The van der Waals surface area contributed by atoms with Gasteiger partial charge < -0.3 is 10.1 Å². The maximum Gasteiger partial charge on any atom is 0.359 e. The molecule has 1 heterocycles. The summed E-state index contributed by atoms with van der Waals surface area (Å²) in [7, 11) is 1.16. The second-order valence-electron chi connectivity index (χ2n) is 3.62. The molecule has 1 N–H and O–H groups in total. The van der Waals surface area contributed by atoms with Crippen LogP contribution in [0.15, 0.2) is 23.6 Å². The molecular weight excluding hydrogens is 290 g/mol. The van der Waals surface area contributed by atoms with Gasteiger partial charge in [-0.3, -0.25) is 4.79 Å². The maximum absolute atomic E-state index is 13.4. The molecule has 2 rings (SSSR count). The summed E-state index contributed by atoms with van der Waals surface area (Å²) < 4.78 is 35.1. The highest BCUT2D eigenvalue weighted by Crippen LogP contribution is 2.20. The van der Waals surface area contributed by atoms with Gasteiger partial charge in [-0.15, -0.1) is 0 Å². The summed E-state index contributed by atoms with van der Waals surface area (Å²) in [6.45, 7) is 0. The normalized spacial score (nSPS) is 10.2. The molecule has 0 spiro atoms. The van der Waals surface area contributed by atoms with Gasteiger partial charge in [0, 0.05) is 5.38 Å². The van der Waals surface area contributed by atoms with E-state index in [2.05, 4.69) is 14.4 Å². The van der Waals surface area contributed by atoms with Gasteiger partial charge in [0.2, 0.25) is 0 Å². The first-order valence-corrected chi connectivity index (χ1v) is 6.16.